The van der Waals surface area contributed by atoms with Gasteiger partial charge in [0.25, 0.3) is 11.5 Å². The van der Waals surface area contributed by atoms with Crippen LogP contribution in [-0.2, 0) is 9.53 Å². The molecule has 3 aliphatic rings. The minimum Gasteiger partial charge on any atom is -0.376 e. The van der Waals surface area contributed by atoms with Crippen molar-refractivity contribution in [1.82, 2.24) is 14.3 Å². The zero-order valence-electron chi connectivity index (χ0n) is 18.0. The van der Waals surface area contributed by atoms with Crippen molar-refractivity contribution in [3.8, 4) is 0 Å². The van der Waals surface area contributed by atoms with Gasteiger partial charge in [0.05, 0.1) is 16.6 Å². The van der Waals surface area contributed by atoms with Gasteiger partial charge >= 0.3 is 0 Å². The van der Waals surface area contributed by atoms with Crippen LogP contribution in [-0.4, -0.2) is 49.8 Å². The molecule has 168 valence electrons. The molecule has 2 aromatic heterocycles. The summed E-state index contributed by atoms with van der Waals surface area (Å²) in [6, 6.07) is 3.93. The third kappa shape index (κ3) is 3.97. The van der Waals surface area contributed by atoms with Gasteiger partial charge in [0.15, 0.2) is 0 Å². The lowest BCUT2D eigenvalue weighted by Crippen LogP contribution is -2.36. The number of amides is 1. The molecule has 32 heavy (non-hydrogen) atoms. The Bertz CT molecular complexity index is 1160. The summed E-state index contributed by atoms with van der Waals surface area (Å²) in [6.07, 6.45) is 9.69. The Balaban J connectivity index is 1.55. The molecule has 1 unspecified atom stereocenters. The van der Waals surface area contributed by atoms with E-state index in [4.69, 9.17) is 21.9 Å². The third-order valence-electron chi connectivity index (χ3n) is 6.39. The fourth-order valence-electron chi connectivity index (χ4n) is 4.68. The fourth-order valence-corrected chi connectivity index (χ4v) is 6.06. The zero-order chi connectivity index (χ0) is 22.2. The standard InChI is InChI=1S/C23H26N4O3S2/c1-14-6-4-10-26-20(14)25-19(24-13-16-9-5-11-30-16)17(21(26)28)12-18-22(29)27(23(31)32-18)15-7-2-3-8-15/h4,6,10,12,15-16,24H,2-3,5,7-9,11,13H2,1H3/b18-12+. The monoisotopic (exact) mass is 470 g/mol. The number of nitrogens with one attached hydrogen (secondary N) is 1. The van der Waals surface area contributed by atoms with Crippen LogP contribution < -0.4 is 10.9 Å². The number of pyridine rings is 1. The van der Waals surface area contributed by atoms with E-state index in [1.165, 1.54) is 16.2 Å². The van der Waals surface area contributed by atoms with E-state index in [0.717, 1.165) is 50.7 Å². The maximum atomic E-state index is 13.5. The van der Waals surface area contributed by atoms with Crippen molar-refractivity contribution in [3.63, 3.8) is 0 Å². The predicted octanol–water partition coefficient (Wildman–Crippen LogP) is 3.74. The Morgan fingerprint density at radius 3 is 2.84 bits per heavy atom. The van der Waals surface area contributed by atoms with Gasteiger partial charge in [-0.2, -0.15) is 0 Å². The van der Waals surface area contributed by atoms with Gasteiger partial charge in [-0.3, -0.25) is 18.9 Å². The molecule has 0 bridgehead atoms. The summed E-state index contributed by atoms with van der Waals surface area (Å²) in [5.41, 5.74) is 1.67. The number of thiocarbonyl (C=S) groups is 1. The molecule has 1 atom stereocenters. The normalized spacial score (nSPS) is 23.2. The Kier molecular flexibility index (Phi) is 6.05. The second kappa shape index (κ2) is 8.96. The van der Waals surface area contributed by atoms with Crippen LogP contribution in [0.1, 0.15) is 49.7 Å². The van der Waals surface area contributed by atoms with Crippen LogP contribution in [0, 0.1) is 6.92 Å². The summed E-state index contributed by atoms with van der Waals surface area (Å²) in [5, 5.41) is 3.32. The van der Waals surface area contributed by atoms with E-state index in [1.54, 1.807) is 17.2 Å². The number of fused-ring (bicyclic) bond motifs is 1. The van der Waals surface area contributed by atoms with E-state index in [-0.39, 0.29) is 23.6 Å². The van der Waals surface area contributed by atoms with Gasteiger partial charge in [-0.1, -0.05) is 42.9 Å². The van der Waals surface area contributed by atoms with E-state index in [9.17, 15) is 9.59 Å². The average molecular weight is 471 g/mol. The first-order valence-electron chi connectivity index (χ1n) is 11.2. The molecule has 2 aromatic rings. The molecule has 0 radical (unpaired) electrons. The molecule has 4 heterocycles. The second-order valence-electron chi connectivity index (χ2n) is 8.57. The minimum atomic E-state index is -0.209. The Hall–Kier alpha value is -2.23. The van der Waals surface area contributed by atoms with Crippen LogP contribution in [0.3, 0.4) is 0 Å². The minimum absolute atomic E-state index is 0.0977. The summed E-state index contributed by atoms with van der Waals surface area (Å²) in [4.78, 5) is 33.6. The number of nitrogens with zero attached hydrogens (tertiary/aromatic N) is 3. The lowest BCUT2D eigenvalue weighted by Gasteiger charge is -2.21. The Morgan fingerprint density at radius 1 is 1.28 bits per heavy atom. The van der Waals surface area contributed by atoms with Crippen molar-refractivity contribution in [2.45, 2.75) is 57.6 Å². The number of aromatic nitrogens is 2. The van der Waals surface area contributed by atoms with E-state index in [1.807, 2.05) is 19.1 Å². The first-order chi connectivity index (χ1) is 15.5. The summed E-state index contributed by atoms with van der Waals surface area (Å²) < 4.78 is 7.83. The lowest BCUT2D eigenvalue weighted by molar-refractivity contribution is -0.123. The molecule has 0 aromatic carbocycles. The molecular weight excluding hydrogens is 444 g/mol. The van der Waals surface area contributed by atoms with Crippen LogP contribution in [0.25, 0.3) is 11.7 Å². The zero-order valence-corrected chi connectivity index (χ0v) is 19.6. The summed E-state index contributed by atoms with van der Waals surface area (Å²) in [5.74, 6) is 0.372. The van der Waals surface area contributed by atoms with Crippen molar-refractivity contribution in [3.05, 3.63) is 44.7 Å². The largest absolute Gasteiger partial charge is 0.376 e. The number of rotatable bonds is 5. The highest BCUT2D eigenvalue weighted by atomic mass is 32.2. The number of aryl methyl sites for hydroxylation is 1. The highest BCUT2D eigenvalue weighted by Crippen LogP contribution is 2.38. The molecule has 2 aliphatic heterocycles. The lowest BCUT2D eigenvalue weighted by atomic mass is 10.2. The summed E-state index contributed by atoms with van der Waals surface area (Å²) >= 11 is 6.80. The van der Waals surface area contributed by atoms with Crippen molar-refractivity contribution >= 4 is 51.7 Å². The van der Waals surface area contributed by atoms with Gasteiger partial charge in [0, 0.05) is 25.4 Å². The van der Waals surface area contributed by atoms with Crippen LogP contribution in [0.5, 0.6) is 0 Å². The number of ether oxygens (including phenoxy) is 1. The van der Waals surface area contributed by atoms with Crippen molar-refractivity contribution < 1.29 is 9.53 Å². The molecule has 1 amide bonds. The first kappa shape index (κ1) is 21.6. The van der Waals surface area contributed by atoms with E-state index in [0.29, 0.717) is 32.8 Å². The highest BCUT2D eigenvalue weighted by molar-refractivity contribution is 8.26. The predicted molar refractivity (Wildman–Crippen MR) is 131 cm³/mol. The topological polar surface area (TPSA) is 75.9 Å². The van der Waals surface area contributed by atoms with Gasteiger partial charge in [-0.25, -0.2) is 4.98 Å². The second-order valence-corrected chi connectivity index (χ2v) is 10.2. The molecule has 1 aliphatic carbocycles. The van der Waals surface area contributed by atoms with Crippen molar-refractivity contribution in [2.24, 2.45) is 0 Å². The Morgan fingerprint density at radius 2 is 2.09 bits per heavy atom. The van der Waals surface area contributed by atoms with Crippen LogP contribution in [0.15, 0.2) is 28.0 Å². The number of anilines is 1. The molecular formula is C23H26N4O3S2. The van der Waals surface area contributed by atoms with Crippen molar-refractivity contribution in [1.29, 1.82) is 0 Å². The average Bonchev–Trinajstić information content (AvgIpc) is 3.52. The molecule has 5 rings (SSSR count). The Labute approximate surface area is 196 Å². The summed E-state index contributed by atoms with van der Waals surface area (Å²) in [7, 11) is 0. The number of thioether (sulfide) groups is 1. The van der Waals surface area contributed by atoms with Crippen LogP contribution in [0.4, 0.5) is 5.82 Å². The maximum Gasteiger partial charge on any atom is 0.267 e. The van der Waals surface area contributed by atoms with Gasteiger partial charge in [0.2, 0.25) is 0 Å². The van der Waals surface area contributed by atoms with E-state index >= 15 is 0 Å². The molecule has 1 saturated carbocycles. The maximum absolute atomic E-state index is 13.5. The smallest absolute Gasteiger partial charge is 0.267 e. The highest BCUT2D eigenvalue weighted by Gasteiger charge is 2.38. The SMILES string of the molecule is Cc1cccn2c(=O)c(/C=C3/SC(=S)N(C4CCCC4)C3=O)c(NCC3CCCO3)nc12. The van der Waals surface area contributed by atoms with Gasteiger partial charge in [0.1, 0.15) is 15.8 Å². The van der Waals surface area contributed by atoms with Gasteiger partial charge in [-0.05, 0) is 50.3 Å². The molecule has 7 nitrogen and oxygen atoms in total. The first-order valence-corrected chi connectivity index (χ1v) is 12.4. The summed E-state index contributed by atoms with van der Waals surface area (Å²) in [6.45, 7) is 3.26. The number of hydrogen-bond acceptors (Lipinski definition) is 7. The molecule has 1 N–H and O–H groups in total. The van der Waals surface area contributed by atoms with Gasteiger partial charge in [-0.15, -0.1) is 0 Å². The third-order valence-corrected chi connectivity index (χ3v) is 7.72. The quantitative estimate of drug-likeness (QED) is 0.527. The number of carbonyl (C=O) groups is 1. The van der Waals surface area contributed by atoms with Crippen LogP contribution >= 0.6 is 24.0 Å². The van der Waals surface area contributed by atoms with Crippen LogP contribution in [0.2, 0.25) is 0 Å². The molecule has 3 fully saturated rings. The number of hydrogen-bond donors (Lipinski definition) is 1. The van der Waals surface area contributed by atoms with E-state index in [2.05, 4.69) is 5.32 Å². The van der Waals surface area contributed by atoms with Gasteiger partial charge < -0.3 is 10.1 Å². The van der Waals surface area contributed by atoms with E-state index < -0.39 is 0 Å². The molecule has 0 spiro atoms. The van der Waals surface area contributed by atoms with Crippen molar-refractivity contribution in [2.75, 3.05) is 18.5 Å². The molecule has 9 heteroatoms. The molecule has 2 saturated heterocycles. The fraction of sp³-hybridized carbons (Fsp3) is 0.478. The number of carbonyl (C=O) groups excluding carboxylic acids is 1.